The molecule has 0 aromatic rings. The van der Waals surface area contributed by atoms with Crippen LogP contribution in [-0.4, -0.2) is 56.5 Å². The van der Waals surface area contributed by atoms with E-state index < -0.39 is 30.8 Å². The third-order valence-corrected chi connectivity index (χ3v) is 1.28. The third kappa shape index (κ3) is 2.72. The predicted octanol–water partition coefficient (Wildman–Crippen LogP) is -3.43. The standard InChI is InChI=1S/C5H11NO6/c7-1-2(8)3(9)4(10)5(11)6-12/h2-4,7-10,12H,1H2,(H,6,11)/t2-,3+,4-/m0/s1. The molecule has 1 amide bonds. The number of aliphatic hydroxyl groups is 4. The van der Waals surface area contributed by atoms with Crippen molar-refractivity contribution in [2.24, 2.45) is 0 Å². The van der Waals surface area contributed by atoms with E-state index >= 15 is 0 Å². The Bertz CT molecular complexity index is 151. The van der Waals surface area contributed by atoms with Gasteiger partial charge in [0.2, 0.25) is 0 Å². The molecular formula is C5H11NO6. The van der Waals surface area contributed by atoms with E-state index in [9.17, 15) is 4.79 Å². The fourth-order valence-electron chi connectivity index (χ4n) is 0.540. The van der Waals surface area contributed by atoms with E-state index in [-0.39, 0.29) is 0 Å². The molecule has 0 aromatic heterocycles. The number of hydrogen-bond donors (Lipinski definition) is 6. The van der Waals surface area contributed by atoms with Gasteiger partial charge >= 0.3 is 0 Å². The van der Waals surface area contributed by atoms with E-state index in [1.54, 1.807) is 0 Å². The normalized spacial score (nSPS) is 18.1. The summed E-state index contributed by atoms with van der Waals surface area (Å²) in [6.45, 7) is -0.795. The molecular weight excluding hydrogens is 170 g/mol. The van der Waals surface area contributed by atoms with Crippen LogP contribution in [0.4, 0.5) is 0 Å². The van der Waals surface area contributed by atoms with Crippen molar-refractivity contribution in [1.82, 2.24) is 5.48 Å². The van der Waals surface area contributed by atoms with Crippen molar-refractivity contribution in [2.45, 2.75) is 18.3 Å². The smallest absolute Gasteiger partial charge is 0.274 e. The Morgan fingerprint density at radius 2 is 1.83 bits per heavy atom. The fraction of sp³-hybridized carbons (Fsp3) is 0.800. The summed E-state index contributed by atoms with van der Waals surface area (Å²) in [7, 11) is 0. The summed E-state index contributed by atoms with van der Waals surface area (Å²) in [4.78, 5) is 10.4. The zero-order valence-corrected chi connectivity index (χ0v) is 6.08. The molecule has 0 bridgehead atoms. The van der Waals surface area contributed by atoms with Gasteiger partial charge in [0.15, 0.2) is 6.10 Å². The summed E-state index contributed by atoms with van der Waals surface area (Å²) in [5.74, 6) is -1.25. The zero-order valence-electron chi connectivity index (χ0n) is 6.08. The number of aliphatic hydroxyl groups excluding tert-OH is 4. The van der Waals surface area contributed by atoms with E-state index in [1.807, 2.05) is 0 Å². The molecule has 3 atom stereocenters. The highest BCUT2D eigenvalue weighted by Gasteiger charge is 2.29. The van der Waals surface area contributed by atoms with E-state index in [2.05, 4.69) is 0 Å². The Hall–Kier alpha value is -0.730. The average Bonchev–Trinajstić information content (AvgIpc) is 2.12. The Morgan fingerprint density at radius 1 is 1.33 bits per heavy atom. The SMILES string of the molecule is O=C(NO)[C@@H](O)[C@H](O)[C@@H](O)CO. The van der Waals surface area contributed by atoms with Crippen LogP contribution >= 0.6 is 0 Å². The Balaban J connectivity index is 4.08. The van der Waals surface area contributed by atoms with Gasteiger partial charge < -0.3 is 20.4 Å². The fourth-order valence-corrected chi connectivity index (χ4v) is 0.540. The van der Waals surface area contributed by atoms with Gasteiger partial charge in [-0.05, 0) is 0 Å². The molecule has 0 aliphatic heterocycles. The summed E-state index contributed by atoms with van der Waals surface area (Å²) in [5.41, 5.74) is 1.08. The Labute approximate surface area is 67.8 Å². The van der Waals surface area contributed by atoms with Crippen LogP contribution in [0, 0.1) is 0 Å². The molecule has 7 nitrogen and oxygen atoms in total. The van der Waals surface area contributed by atoms with Crippen LogP contribution in [0.5, 0.6) is 0 Å². The summed E-state index contributed by atoms with van der Waals surface area (Å²) < 4.78 is 0. The minimum absolute atomic E-state index is 0.795. The maximum absolute atomic E-state index is 10.4. The molecule has 0 unspecified atom stereocenters. The number of carbonyl (C=O) groups is 1. The molecule has 0 radical (unpaired) electrons. The van der Waals surface area contributed by atoms with Crippen molar-refractivity contribution in [1.29, 1.82) is 0 Å². The lowest BCUT2D eigenvalue weighted by Crippen LogP contribution is -2.47. The van der Waals surface area contributed by atoms with Crippen LogP contribution in [0.15, 0.2) is 0 Å². The lowest BCUT2D eigenvalue weighted by molar-refractivity contribution is -0.150. The molecule has 7 heteroatoms. The molecule has 0 aliphatic rings. The first-order chi connectivity index (χ1) is 5.54. The van der Waals surface area contributed by atoms with Crippen LogP contribution in [0.2, 0.25) is 0 Å². The first-order valence-electron chi connectivity index (χ1n) is 3.13. The van der Waals surface area contributed by atoms with Gasteiger partial charge in [0.05, 0.1) is 6.61 Å². The molecule has 12 heavy (non-hydrogen) atoms. The molecule has 0 heterocycles. The highest BCUT2D eigenvalue weighted by molar-refractivity contribution is 5.79. The van der Waals surface area contributed by atoms with E-state index in [0.717, 1.165) is 5.48 Å². The molecule has 6 N–H and O–H groups in total. The van der Waals surface area contributed by atoms with Gasteiger partial charge in [-0.1, -0.05) is 0 Å². The van der Waals surface area contributed by atoms with Crippen molar-refractivity contribution >= 4 is 5.91 Å². The van der Waals surface area contributed by atoms with Crippen LogP contribution in [0.3, 0.4) is 0 Å². The molecule has 0 rings (SSSR count). The van der Waals surface area contributed by atoms with Gasteiger partial charge in [0.1, 0.15) is 12.2 Å². The van der Waals surface area contributed by atoms with E-state index in [0.29, 0.717) is 0 Å². The molecule has 0 fully saturated rings. The van der Waals surface area contributed by atoms with Crippen molar-refractivity contribution in [2.75, 3.05) is 6.61 Å². The van der Waals surface area contributed by atoms with Gasteiger partial charge in [-0.25, -0.2) is 5.48 Å². The van der Waals surface area contributed by atoms with Crippen molar-refractivity contribution in [3.05, 3.63) is 0 Å². The Kier molecular flexibility index (Phi) is 4.71. The largest absolute Gasteiger partial charge is 0.394 e. The number of nitrogens with one attached hydrogen (secondary N) is 1. The minimum atomic E-state index is -1.97. The second kappa shape index (κ2) is 5.01. The molecule has 0 aromatic carbocycles. The van der Waals surface area contributed by atoms with Crippen LogP contribution < -0.4 is 5.48 Å². The van der Waals surface area contributed by atoms with Crippen molar-refractivity contribution < 1.29 is 30.4 Å². The zero-order chi connectivity index (χ0) is 9.72. The van der Waals surface area contributed by atoms with Gasteiger partial charge in [0.25, 0.3) is 5.91 Å². The first kappa shape index (κ1) is 11.3. The van der Waals surface area contributed by atoms with Crippen molar-refractivity contribution in [3.63, 3.8) is 0 Å². The summed E-state index contributed by atoms with van der Waals surface area (Å²) in [6, 6.07) is 0. The second-order valence-corrected chi connectivity index (χ2v) is 2.16. The maximum Gasteiger partial charge on any atom is 0.274 e. The summed E-state index contributed by atoms with van der Waals surface area (Å²) >= 11 is 0. The number of amides is 1. The minimum Gasteiger partial charge on any atom is -0.394 e. The lowest BCUT2D eigenvalue weighted by Gasteiger charge is -2.19. The van der Waals surface area contributed by atoms with Crippen molar-refractivity contribution in [3.8, 4) is 0 Å². The third-order valence-electron chi connectivity index (χ3n) is 1.28. The second-order valence-electron chi connectivity index (χ2n) is 2.16. The van der Waals surface area contributed by atoms with Gasteiger partial charge in [-0.15, -0.1) is 0 Å². The maximum atomic E-state index is 10.4. The lowest BCUT2D eigenvalue weighted by atomic mass is 10.1. The Morgan fingerprint density at radius 3 is 2.17 bits per heavy atom. The highest BCUT2D eigenvalue weighted by Crippen LogP contribution is 1.99. The molecule has 0 aliphatic carbocycles. The monoisotopic (exact) mass is 181 g/mol. The molecule has 72 valence electrons. The summed E-state index contributed by atoms with van der Waals surface area (Å²) in [5, 5.41) is 42.7. The quantitative estimate of drug-likeness (QED) is 0.198. The molecule has 0 saturated heterocycles. The van der Waals surface area contributed by atoms with E-state index in [1.165, 1.54) is 0 Å². The van der Waals surface area contributed by atoms with Gasteiger partial charge in [-0.3, -0.25) is 10.0 Å². The number of hydrogen-bond acceptors (Lipinski definition) is 6. The number of rotatable bonds is 4. The topological polar surface area (TPSA) is 130 Å². The number of carbonyl (C=O) groups excluding carboxylic acids is 1. The highest BCUT2D eigenvalue weighted by atomic mass is 16.5. The van der Waals surface area contributed by atoms with Crippen LogP contribution in [0.25, 0.3) is 0 Å². The van der Waals surface area contributed by atoms with Crippen LogP contribution in [-0.2, 0) is 4.79 Å². The van der Waals surface area contributed by atoms with Gasteiger partial charge in [0, 0.05) is 0 Å². The first-order valence-corrected chi connectivity index (χ1v) is 3.13. The van der Waals surface area contributed by atoms with Gasteiger partial charge in [-0.2, -0.15) is 0 Å². The van der Waals surface area contributed by atoms with Crippen LogP contribution in [0.1, 0.15) is 0 Å². The molecule has 0 spiro atoms. The summed E-state index contributed by atoms with van der Waals surface area (Å²) in [6.07, 6.45) is -5.43. The predicted molar refractivity (Wildman–Crippen MR) is 35.0 cm³/mol. The van der Waals surface area contributed by atoms with E-state index in [4.69, 9.17) is 25.6 Å². The number of hydroxylamine groups is 1. The average molecular weight is 181 g/mol. The molecule has 0 saturated carbocycles.